The summed E-state index contributed by atoms with van der Waals surface area (Å²) in [5, 5.41) is 3.97. The van der Waals surface area contributed by atoms with Gasteiger partial charge in [0, 0.05) is 28.1 Å². The number of aromatic nitrogens is 3. The second-order valence-corrected chi connectivity index (χ2v) is 5.81. The van der Waals surface area contributed by atoms with Crippen LogP contribution in [0.2, 0.25) is 0 Å². The Bertz CT molecular complexity index is 947. The predicted octanol–water partition coefficient (Wildman–Crippen LogP) is 1.87. The molecule has 1 aliphatic rings. The zero-order valence-electron chi connectivity index (χ0n) is 20.2. The molecule has 0 spiro atoms. The molecule has 2 aromatic rings. The molecule has 1 fully saturated rings. The van der Waals surface area contributed by atoms with Gasteiger partial charge >= 0.3 is 7.12 Å². The molecule has 1 saturated heterocycles. The molecule has 0 aliphatic carbocycles. The lowest BCUT2D eigenvalue weighted by Gasteiger charge is -2.32. The number of aryl methyl sites for hydroxylation is 1. The first kappa shape index (κ1) is 7.56. The molecule has 0 aromatic carbocycles. The fourth-order valence-corrected chi connectivity index (χ4v) is 1.90. The minimum absolute atomic E-state index is 0.141. The van der Waals surface area contributed by atoms with Gasteiger partial charge in [-0.1, -0.05) is 0 Å². The Balaban J connectivity index is 2.28. The summed E-state index contributed by atoms with van der Waals surface area (Å²) in [6, 6.07) is -1.08. The molecule has 0 radical (unpaired) electrons. The highest BCUT2D eigenvalue weighted by Gasteiger charge is 2.52. The first-order valence-electron chi connectivity index (χ1n) is 10.5. The molecular weight excluding hydrogens is 265 g/mol. The second-order valence-electron chi connectivity index (χ2n) is 5.81. The van der Waals surface area contributed by atoms with Gasteiger partial charge in [-0.2, -0.15) is 5.10 Å². The van der Waals surface area contributed by atoms with Crippen LogP contribution in [0.3, 0.4) is 0 Å². The maximum atomic E-state index is 8.52. The van der Waals surface area contributed by atoms with Crippen LogP contribution in [0.25, 0.3) is 5.69 Å². The lowest BCUT2D eigenvalue weighted by Crippen LogP contribution is -2.41. The lowest BCUT2D eigenvalue weighted by atomic mass is 9.79. The van der Waals surface area contributed by atoms with Crippen LogP contribution in [0.5, 0.6) is 0 Å². The summed E-state index contributed by atoms with van der Waals surface area (Å²) in [5.74, 6) is 0. The van der Waals surface area contributed by atoms with Gasteiger partial charge in [-0.05, 0) is 46.6 Å². The van der Waals surface area contributed by atoms with E-state index >= 15 is 0 Å². The number of nitrogens with zero attached hydrogens (tertiary/aromatic N) is 3. The second kappa shape index (κ2) is 4.68. The van der Waals surface area contributed by atoms with Crippen LogP contribution in [0.15, 0.2) is 30.6 Å². The molecule has 5 nitrogen and oxygen atoms in total. The van der Waals surface area contributed by atoms with Crippen molar-refractivity contribution in [2.45, 2.75) is 45.7 Å². The van der Waals surface area contributed by atoms with Gasteiger partial charge in [-0.25, -0.2) is 4.68 Å². The van der Waals surface area contributed by atoms with E-state index in [0.29, 0.717) is 0 Å². The standard InChI is InChI=1S/C15H20BN3O2/c1-11-13(16-20-14(2,3)15(4,5)21-16)10-19(18-11)12-6-8-17-9-7-12/h6-10H,1-5H3/i1D3,6D,7D,8D,9D,10D. The quantitative estimate of drug-likeness (QED) is 0.793. The molecule has 0 amide bonds. The van der Waals surface area contributed by atoms with Gasteiger partial charge in [-0.15, -0.1) is 0 Å². The highest BCUT2D eigenvalue weighted by molar-refractivity contribution is 6.62. The Morgan fingerprint density at radius 3 is 2.38 bits per heavy atom. The van der Waals surface area contributed by atoms with Crippen molar-refractivity contribution in [3.05, 3.63) is 36.3 Å². The third-order valence-electron chi connectivity index (χ3n) is 3.84. The molecule has 6 heteroatoms. The Morgan fingerprint density at radius 2 is 1.81 bits per heavy atom. The highest BCUT2D eigenvalue weighted by Crippen LogP contribution is 2.36. The number of hydrogen-bond donors (Lipinski definition) is 0. The summed E-state index contributed by atoms with van der Waals surface area (Å²) in [4.78, 5) is 3.48. The van der Waals surface area contributed by atoms with Crippen molar-refractivity contribution in [2.75, 3.05) is 0 Å². The largest absolute Gasteiger partial charge is 0.498 e. The zero-order chi connectivity index (χ0) is 22.1. The van der Waals surface area contributed by atoms with Crippen LogP contribution in [0.1, 0.15) is 44.4 Å². The lowest BCUT2D eigenvalue weighted by molar-refractivity contribution is 0.00578. The van der Waals surface area contributed by atoms with E-state index in [2.05, 4.69) is 10.1 Å². The Hall–Kier alpha value is -1.66. The molecule has 1 aliphatic heterocycles. The first-order valence-corrected chi connectivity index (χ1v) is 6.49. The molecule has 110 valence electrons. The molecular formula is C15H20BN3O2. The molecule has 21 heavy (non-hydrogen) atoms. The fraction of sp³-hybridized carbons (Fsp3) is 0.467. The van der Waals surface area contributed by atoms with Gasteiger partial charge in [0.25, 0.3) is 0 Å². The number of pyridine rings is 1. The minimum atomic E-state index is -2.73. The van der Waals surface area contributed by atoms with Crippen LogP contribution >= 0.6 is 0 Å². The average molecular weight is 293 g/mol. The summed E-state index contributed by atoms with van der Waals surface area (Å²) in [6.07, 6.45) is -1.62. The number of hydrogen-bond acceptors (Lipinski definition) is 4. The summed E-state index contributed by atoms with van der Waals surface area (Å²) < 4.78 is 76.0. The fourth-order valence-electron chi connectivity index (χ4n) is 1.90. The van der Waals surface area contributed by atoms with E-state index in [1.807, 2.05) is 0 Å². The third kappa shape index (κ3) is 2.38. The summed E-state index contributed by atoms with van der Waals surface area (Å²) in [6.45, 7) is 4.39. The van der Waals surface area contributed by atoms with Gasteiger partial charge < -0.3 is 9.31 Å². The van der Waals surface area contributed by atoms with E-state index in [0.717, 1.165) is 4.68 Å². The SMILES string of the molecule is [2H]c1nc([2H])c([2H])c(-n2nc(C([2H])([2H])[2H])c(B3OC(C)(C)C(C)(C)O3)c2[2H])c1[2H]. The third-order valence-corrected chi connectivity index (χ3v) is 3.84. The Morgan fingerprint density at radius 1 is 1.19 bits per heavy atom. The van der Waals surface area contributed by atoms with Gasteiger partial charge in [-0.3, -0.25) is 4.98 Å². The van der Waals surface area contributed by atoms with Gasteiger partial charge in [0.05, 0.1) is 29.4 Å². The number of rotatable bonds is 2. The molecule has 0 N–H and O–H groups in total. The average Bonchev–Trinajstić information content (AvgIpc) is 2.99. The van der Waals surface area contributed by atoms with Crippen LogP contribution in [-0.4, -0.2) is 33.1 Å². The van der Waals surface area contributed by atoms with E-state index < -0.39 is 61.5 Å². The smallest absolute Gasteiger partial charge is 0.399 e. The van der Waals surface area contributed by atoms with E-state index in [4.69, 9.17) is 20.3 Å². The molecule has 2 aromatic heterocycles. The molecule has 0 atom stereocenters. The Labute approximate surface area is 136 Å². The van der Waals surface area contributed by atoms with Crippen molar-refractivity contribution in [3.8, 4) is 5.69 Å². The van der Waals surface area contributed by atoms with Crippen molar-refractivity contribution in [3.63, 3.8) is 0 Å². The van der Waals surface area contributed by atoms with Gasteiger partial charge in [0.2, 0.25) is 0 Å². The van der Waals surface area contributed by atoms with Crippen LogP contribution in [-0.2, 0) is 9.31 Å². The van der Waals surface area contributed by atoms with Crippen molar-refractivity contribution in [1.82, 2.24) is 14.8 Å². The summed E-state index contributed by atoms with van der Waals surface area (Å²) >= 11 is 0. The minimum Gasteiger partial charge on any atom is -0.399 e. The van der Waals surface area contributed by atoms with E-state index in [1.165, 1.54) is 0 Å². The molecule has 0 saturated carbocycles. The normalized spacial score (nSPS) is 26.0. The van der Waals surface area contributed by atoms with Crippen molar-refractivity contribution in [1.29, 1.82) is 0 Å². The van der Waals surface area contributed by atoms with Crippen LogP contribution < -0.4 is 5.46 Å². The van der Waals surface area contributed by atoms with Crippen molar-refractivity contribution >= 4 is 12.6 Å². The first-order chi connectivity index (χ1) is 13.1. The summed E-state index contributed by atoms with van der Waals surface area (Å²) in [5.41, 5.74) is -2.56. The van der Waals surface area contributed by atoms with Crippen molar-refractivity contribution in [2.24, 2.45) is 0 Å². The Kier molecular flexibility index (Phi) is 1.68. The monoisotopic (exact) mass is 293 g/mol. The molecule has 3 rings (SSSR count). The van der Waals surface area contributed by atoms with Gasteiger partial charge in [0.15, 0.2) is 0 Å². The van der Waals surface area contributed by atoms with Crippen LogP contribution in [0.4, 0.5) is 0 Å². The maximum absolute atomic E-state index is 8.52. The molecule has 0 bridgehead atoms. The van der Waals surface area contributed by atoms with E-state index in [9.17, 15) is 0 Å². The van der Waals surface area contributed by atoms with Gasteiger partial charge in [0.1, 0.15) is 0 Å². The molecule has 0 unspecified atom stereocenters. The van der Waals surface area contributed by atoms with E-state index in [1.54, 1.807) is 27.7 Å². The van der Waals surface area contributed by atoms with Crippen LogP contribution in [0, 0.1) is 6.85 Å². The molecule has 3 heterocycles. The maximum Gasteiger partial charge on any atom is 0.498 e. The summed E-state index contributed by atoms with van der Waals surface area (Å²) in [7, 11) is -1.20. The highest BCUT2D eigenvalue weighted by atomic mass is 16.7. The van der Waals surface area contributed by atoms with E-state index in [-0.39, 0.29) is 11.2 Å². The van der Waals surface area contributed by atoms with Crippen molar-refractivity contribution < 1.29 is 20.3 Å². The topological polar surface area (TPSA) is 49.2 Å². The zero-order valence-corrected chi connectivity index (χ0v) is 12.2. The predicted molar refractivity (Wildman–Crippen MR) is 81.8 cm³/mol.